The van der Waals surface area contributed by atoms with Gasteiger partial charge >= 0.3 is 0 Å². The molecule has 2 N–H and O–H groups in total. The van der Waals surface area contributed by atoms with E-state index < -0.39 is 0 Å². The molecule has 28 heavy (non-hydrogen) atoms. The van der Waals surface area contributed by atoms with E-state index in [1.165, 1.54) is 11.3 Å². The Bertz CT molecular complexity index is 873. The van der Waals surface area contributed by atoms with E-state index in [1.807, 2.05) is 19.9 Å². The predicted molar refractivity (Wildman–Crippen MR) is 110 cm³/mol. The number of Topliss-reactive ketones (excluding diaryl/α,β-unsaturated/α-hetero) is 2. The molecule has 2 aromatic rings. The number of amides is 2. The molecule has 0 unspecified atom stereocenters. The quantitative estimate of drug-likeness (QED) is 0.594. The Morgan fingerprint density at radius 1 is 0.964 bits per heavy atom. The minimum Gasteiger partial charge on any atom is -0.352 e. The van der Waals surface area contributed by atoms with Crippen LogP contribution in [0, 0.1) is 6.92 Å². The molecule has 0 atom stereocenters. The van der Waals surface area contributed by atoms with Crippen molar-refractivity contribution < 1.29 is 19.2 Å². The average molecular weight is 401 g/mol. The van der Waals surface area contributed by atoms with Gasteiger partial charge in [0.25, 0.3) is 5.91 Å². The second-order valence-electron chi connectivity index (χ2n) is 6.36. The van der Waals surface area contributed by atoms with Gasteiger partial charge in [-0.3, -0.25) is 19.2 Å². The third-order valence-electron chi connectivity index (χ3n) is 4.02. The zero-order valence-corrected chi connectivity index (χ0v) is 16.9. The monoisotopic (exact) mass is 400 g/mol. The van der Waals surface area contributed by atoms with Crippen LogP contribution >= 0.6 is 11.3 Å². The molecule has 2 amide bonds. The molecule has 0 fully saturated rings. The molecule has 0 bridgehead atoms. The van der Waals surface area contributed by atoms with Crippen molar-refractivity contribution in [2.24, 2.45) is 0 Å². The van der Waals surface area contributed by atoms with Crippen molar-refractivity contribution in [2.75, 3.05) is 11.9 Å². The molecule has 0 spiro atoms. The van der Waals surface area contributed by atoms with E-state index in [9.17, 15) is 19.2 Å². The summed E-state index contributed by atoms with van der Waals surface area (Å²) < 4.78 is 0. The third-order valence-corrected chi connectivity index (χ3v) is 5.06. The van der Waals surface area contributed by atoms with Crippen LogP contribution in [0.2, 0.25) is 0 Å². The average Bonchev–Trinajstić information content (AvgIpc) is 3.11. The highest BCUT2D eigenvalue weighted by Crippen LogP contribution is 2.18. The largest absolute Gasteiger partial charge is 0.352 e. The summed E-state index contributed by atoms with van der Waals surface area (Å²) in [7, 11) is 0. The van der Waals surface area contributed by atoms with Crippen LogP contribution in [-0.2, 0) is 9.59 Å². The van der Waals surface area contributed by atoms with E-state index in [1.54, 1.807) is 30.3 Å². The van der Waals surface area contributed by atoms with Crippen molar-refractivity contribution in [3.63, 3.8) is 0 Å². The van der Waals surface area contributed by atoms with Gasteiger partial charge in [-0.1, -0.05) is 6.07 Å². The smallest absolute Gasteiger partial charge is 0.251 e. The molecule has 0 aliphatic rings. The molecule has 0 aliphatic heterocycles. The van der Waals surface area contributed by atoms with Crippen molar-refractivity contribution in [1.29, 1.82) is 0 Å². The molecule has 0 radical (unpaired) electrons. The minimum atomic E-state index is -0.304. The van der Waals surface area contributed by atoms with Crippen molar-refractivity contribution in [3.8, 4) is 0 Å². The maximum absolute atomic E-state index is 12.1. The Morgan fingerprint density at radius 3 is 2.39 bits per heavy atom. The molecule has 7 heteroatoms. The topological polar surface area (TPSA) is 92.3 Å². The molecule has 0 saturated heterocycles. The van der Waals surface area contributed by atoms with Crippen LogP contribution in [0.5, 0.6) is 0 Å². The van der Waals surface area contributed by atoms with Crippen molar-refractivity contribution in [3.05, 3.63) is 51.7 Å². The molecule has 148 valence electrons. The van der Waals surface area contributed by atoms with Gasteiger partial charge in [0.1, 0.15) is 5.78 Å². The molecular weight excluding hydrogens is 376 g/mol. The van der Waals surface area contributed by atoms with Crippen LogP contribution in [0.25, 0.3) is 0 Å². The summed E-state index contributed by atoms with van der Waals surface area (Å²) in [5.41, 5.74) is 0.961. The first-order valence-electron chi connectivity index (χ1n) is 9.18. The van der Waals surface area contributed by atoms with Crippen LogP contribution < -0.4 is 10.6 Å². The van der Waals surface area contributed by atoms with Gasteiger partial charge in [-0.05, 0) is 44.2 Å². The van der Waals surface area contributed by atoms with Gasteiger partial charge in [-0.25, -0.2) is 0 Å². The summed E-state index contributed by atoms with van der Waals surface area (Å²) >= 11 is 1.42. The van der Waals surface area contributed by atoms with Gasteiger partial charge in [-0.15, -0.1) is 11.3 Å². The van der Waals surface area contributed by atoms with E-state index in [-0.39, 0.29) is 49.1 Å². The van der Waals surface area contributed by atoms with Gasteiger partial charge in [0, 0.05) is 48.4 Å². The minimum absolute atomic E-state index is 0.0382. The Labute approximate surface area is 168 Å². The number of hydrogen-bond donors (Lipinski definition) is 2. The number of carbonyl (C=O) groups is 4. The molecule has 6 nitrogen and oxygen atoms in total. The Balaban J connectivity index is 1.76. The van der Waals surface area contributed by atoms with Crippen molar-refractivity contribution >= 4 is 40.4 Å². The fraction of sp³-hybridized carbons (Fsp3) is 0.333. The zero-order valence-electron chi connectivity index (χ0n) is 16.0. The second kappa shape index (κ2) is 10.5. The maximum Gasteiger partial charge on any atom is 0.251 e. The van der Waals surface area contributed by atoms with E-state index in [2.05, 4.69) is 10.6 Å². The van der Waals surface area contributed by atoms with E-state index in [0.717, 1.165) is 4.88 Å². The van der Waals surface area contributed by atoms with Crippen molar-refractivity contribution in [1.82, 2.24) is 5.32 Å². The third kappa shape index (κ3) is 6.74. The first-order valence-corrected chi connectivity index (χ1v) is 10.00. The Morgan fingerprint density at radius 2 is 1.71 bits per heavy atom. The van der Waals surface area contributed by atoms with E-state index >= 15 is 0 Å². The highest BCUT2D eigenvalue weighted by Gasteiger charge is 2.13. The van der Waals surface area contributed by atoms with Gasteiger partial charge < -0.3 is 10.6 Å². The number of nitrogens with one attached hydrogen (secondary N) is 2. The highest BCUT2D eigenvalue weighted by molar-refractivity contribution is 7.14. The van der Waals surface area contributed by atoms with Crippen LogP contribution in [-0.4, -0.2) is 29.9 Å². The lowest BCUT2D eigenvalue weighted by Gasteiger charge is -2.07. The van der Waals surface area contributed by atoms with Crippen LogP contribution in [0.3, 0.4) is 0 Å². The SMILES string of the molecule is CCNC(=O)c1cccc(NC(=O)CCC(=O)CCC(=O)c2ccc(C)s2)c1. The number of benzene rings is 1. The molecule has 2 rings (SSSR count). The summed E-state index contributed by atoms with van der Waals surface area (Å²) in [6.07, 6.45) is 0.417. The summed E-state index contributed by atoms with van der Waals surface area (Å²) in [6.45, 7) is 4.28. The maximum atomic E-state index is 12.1. The van der Waals surface area contributed by atoms with Gasteiger partial charge in [-0.2, -0.15) is 0 Å². The first kappa shape index (κ1) is 21.5. The summed E-state index contributed by atoms with van der Waals surface area (Å²) in [6, 6.07) is 10.3. The number of anilines is 1. The molecule has 1 heterocycles. The molecule has 1 aromatic heterocycles. The molecule has 1 aromatic carbocycles. The van der Waals surface area contributed by atoms with E-state index in [0.29, 0.717) is 22.7 Å². The lowest BCUT2D eigenvalue weighted by molar-refractivity contribution is -0.122. The molecule has 0 aliphatic carbocycles. The van der Waals surface area contributed by atoms with Gasteiger partial charge in [0.05, 0.1) is 4.88 Å². The fourth-order valence-corrected chi connectivity index (χ4v) is 3.40. The lowest BCUT2D eigenvalue weighted by Crippen LogP contribution is -2.22. The predicted octanol–water partition coefficient (Wildman–Crippen LogP) is 3.76. The summed E-state index contributed by atoms with van der Waals surface area (Å²) in [5, 5.41) is 5.39. The number of thiophene rings is 1. The zero-order chi connectivity index (χ0) is 20.5. The number of hydrogen-bond acceptors (Lipinski definition) is 5. The number of aryl methyl sites for hydroxylation is 1. The Kier molecular flexibility index (Phi) is 8.07. The summed E-state index contributed by atoms with van der Waals surface area (Å²) in [5.74, 6) is -0.674. The first-order chi connectivity index (χ1) is 13.4. The highest BCUT2D eigenvalue weighted by atomic mass is 32.1. The molecular formula is C21H24N2O4S. The Hall–Kier alpha value is -2.80. The number of ketones is 2. The molecule has 0 saturated carbocycles. The standard InChI is InChI=1S/C21H24N2O4S/c1-3-22-21(27)15-5-4-6-16(13-15)23-20(26)12-9-17(24)8-10-18(25)19-11-7-14(2)28-19/h4-7,11,13H,3,8-10,12H2,1-2H3,(H,22,27)(H,23,26). The second-order valence-corrected chi connectivity index (χ2v) is 7.65. The lowest BCUT2D eigenvalue weighted by atomic mass is 10.1. The van der Waals surface area contributed by atoms with Crippen LogP contribution in [0.15, 0.2) is 36.4 Å². The van der Waals surface area contributed by atoms with Crippen LogP contribution in [0.4, 0.5) is 5.69 Å². The van der Waals surface area contributed by atoms with Gasteiger partial charge in [0.15, 0.2) is 5.78 Å². The fourth-order valence-electron chi connectivity index (χ4n) is 2.56. The number of carbonyl (C=O) groups excluding carboxylic acids is 4. The van der Waals surface area contributed by atoms with Gasteiger partial charge in [0.2, 0.25) is 5.91 Å². The summed E-state index contributed by atoms with van der Waals surface area (Å²) in [4.78, 5) is 49.6. The van der Waals surface area contributed by atoms with Crippen molar-refractivity contribution in [2.45, 2.75) is 39.5 Å². The normalized spacial score (nSPS) is 10.4. The van der Waals surface area contributed by atoms with E-state index in [4.69, 9.17) is 0 Å². The van der Waals surface area contributed by atoms with Crippen LogP contribution in [0.1, 0.15) is 57.5 Å². The number of rotatable bonds is 10.